The Bertz CT molecular complexity index is 1670. The molecular formula is C57H92O12S. The minimum atomic E-state index is -5.08. The predicted molar refractivity (Wildman–Crippen MR) is 284 cm³/mol. The lowest BCUT2D eigenvalue weighted by Gasteiger charge is -2.41. The van der Waals surface area contributed by atoms with Crippen molar-refractivity contribution in [3.63, 3.8) is 0 Å². The molecule has 1 aliphatic heterocycles. The summed E-state index contributed by atoms with van der Waals surface area (Å²) in [7, 11) is -5.08. The van der Waals surface area contributed by atoms with Gasteiger partial charge in [-0.05, 0) is 103 Å². The number of hydrogen-bond acceptors (Lipinski definition) is 11. The van der Waals surface area contributed by atoms with Crippen LogP contribution >= 0.6 is 0 Å². The van der Waals surface area contributed by atoms with Gasteiger partial charge in [0.05, 0.1) is 19.8 Å². The van der Waals surface area contributed by atoms with E-state index in [-0.39, 0.29) is 19.6 Å². The third-order valence-corrected chi connectivity index (χ3v) is 11.5. The van der Waals surface area contributed by atoms with Gasteiger partial charge >= 0.3 is 16.4 Å². The Morgan fingerprint density at radius 1 is 0.543 bits per heavy atom. The van der Waals surface area contributed by atoms with Gasteiger partial charge in [-0.15, -0.1) is 0 Å². The van der Waals surface area contributed by atoms with E-state index < -0.39 is 59.8 Å². The van der Waals surface area contributed by atoms with Gasteiger partial charge in [-0.3, -0.25) is 9.35 Å². The van der Waals surface area contributed by atoms with Crippen LogP contribution in [0.1, 0.15) is 168 Å². The molecule has 398 valence electrons. The molecule has 0 aromatic rings. The largest absolute Gasteiger partial charge is 0.457 e. The minimum absolute atomic E-state index is 0.00809. The number of allylic oxidation sites excluding steroid dienone is 20. The van der Waals surface area contributed by atoms with Crippen LogP contribution in [-0.4, -0.2) is 97.5 Å². The molecule has 0 aromatic carbocycles. The van der Waals surface area contributed by atoms with E-state index in [4.69, 9.17) is 18.9 Å². The number of hydrogen-bond donors (Lipinski definition) is 4. The molecule has 70 heavy (non-hydrogen) atoms. The second-order valence-electron chi connectivity index (χ2n) is 17.3. The van der Waals surface area contributed by atoms with Gasteiger partial charge in [0, 0.05) is 13.0 Å². The first-order chi connectivity index (χ1) is 34.1. The number of carbonyl (C=O) groups is 1. The number of unbranched alkanes of at least 4 members (excludes halogenated alkanes) is 11. The van der Waals surface area contributed by atoms with Crippen LogP contribution in [0.15, 0.2) is 122 Å². The first-order valence-electron chi connectivity index (χ1n) is 26.3. The van der Waals surface area contributed by atoms with Crippen LogP contribution in [0.25, 0.3) is 0 Å². The number of rotatable bonds is 44. The minimum Gasteiger partial charge on any atom is -0.457 e. The Hall–Kier alpha value is -3.50. The molecule has 1 fully saturated rings. The summed E-state index contributed by atoms with van der Waals surface area (Å²) in [5.41, 5.74) is 0. The van der Waals surface area contributed by atoms with Crippen LogP contribution < -0.4 is 0 Å². The highest BCUT2D eigenvalue weighted by Crippen LogP contribution is 2.26. The lowest BCUT2D eigenvalue weighted by molar-refractivity contribution is -0.301. The van der Waals surface area contributed by atoms with E-state index in [1.807, 2.05) is 0 Å². The van der Waals surface area contributed by atoms with Gasteiger partial charge < -0.3 is 34.3 Å². The van der Waals surface area contributed by atoms with Crippen LogP contribution in [0, 0.1) is 0 Å². The molecule has 0 bridgehead atoms. The molecular weight excluding hydrogens is 909 g/mol. The number of ether oxygens (including phenoxy) is 4. The zero-order chi connectivity index (χ0) is 51.0. The highest BCUT2D eigenvalue weighted by Gasteiger charge is 2.48. The van der Waals surface area contributed by atoms with E-state index in [1.54, 1.807) is 0 Å². The van der Waals surface area contributed by atoms with Crippen molar-refractivity contribution in [2.75, 3.05) is 26.4 Å². The van der Waals surface area contributed by atoms with Gasteiger partial charge in [-0.2, -0.15) is 8.42 Å². The van der Waals surface area contributed by atoms with E-state index >= 15 is 0 Å². The van der Waals surface area contributed by atoms with Crippen molar-refractivity contribution in [1.82, 2.24) is 0 Å². The second kappa shape index (κ2) is 46.6. The molecule has 1 saturated heterocycles. The molecule has 0 aliphatic carbocycles. The van der Waals surface area contributed by atoms with Crippen LogP contribution in [-0.2, 0) is 38.3 Å². The maximum Gasteiger partial charge on any atom is 0.397 e. The average Bonchev–Trinajstić information content (AvgIpc) is 3.34. The van der Waals surface area contributed by atoms with E-state index in [0.29, 0.717) is 13.0 Å². The molecule has 0 spiro atoms. The topological polar surface area (TPSA) is 178 Å². The molecule has 4 N–H and O–H groups in total. The van der Waals surface area contributed by atoms with Crippen molar-refractivity contribution in [2.45, 2.75) is 205 Å². The highest BCUT2D eigenvalue weighted by atomic mass is 32.3. The standard InChI is InChI=1S/C57H92O12S/c1-3-5-7-9-11-13-15-17-19-21-23-24-25-26-27-28-29-30-32-34-36-38-40-42-44-46-53(59)67-51(50-66-57-55(61)56(69-70(62,63)64)54(60)52(48-58)68-57)49-65-47-45-43-41-39-37-35-33-31-22-20-18-16-14-12-10-8-6-4-2/h5-8,11-14,17-20,23-24,26-27,29-31,33,51-52,54-58,60-61H,3-4,9-10,15-16,21-22,25,28,32,34-50H2,1-2H3,(H,62,63,64)/b7-5-,8-6-,13-11-,14-12-,19-17-,20-18-,24-23-,27-26-,30-29-,33-31-. The third kappa shape index (κ3) is 39.2. The molecule has 12 nitrogen and oxygen atoms in total. The van der Waals surface area contributed by atoms with Crippen molar-refractivity contribution >= 4 is 16.4 Å². The highest BCUT2D eigenvalue weighted by molar-refractivity contribution is 7.80. The molecule has 0 saturated carbocycles. The predicted octanol–water partition coefficient (Wildman–Crippen LogP) is 12.5. The first-order valence-corrected chi connectivity index (χ1v) is 27.7. The SMILES string of the molecule is CC/C=C\C/C=C\C/C=C\C/C=C\C/C=C\C/C=C\CCCCCCCCC(=O)OC(COCCCCCCC/C=C\C/C=C\C/C=C\C/C=C\CC)COC1OC(CO)C(O)C(OS(=O)(=O)O)C1O. The van der Waals surface area contributed by atoms with Crippen LogP contribution in [0.3, 0.4) is 0 Å². The Labute approximate surface area is 423 Å². The van der Waals surface area contributed by atoms with Crippen LogP contribution in [0.4, 0.5) is 0 Å². The van der Waals surface area contributed by atoms with Crippen LogP contribution in [0.2, 0.25) is 0 Å². The van der Waals surface area contributed by atoms with E-state index in [1.165, 1.54) is 0 Å². The maximum absolute atomic E-state index is 12.9. The summed E-state index contributed by atoms with van der Waals surface area (Å²) in [4.78, 5) is 12.9. The quantitative estimate of drug-likeness (QED) is 0.0197. The molecule has 0 amide bonds. The summed E-state index contributed by atoms with van der Waals surface area (Å²) in [5, 5.41) is 30.8. The van der Waals surface area contributed by atoms with E-state index in [9.17, 15) is 33.1 Å². The molecule has 1 aliphatic rings. The van der Waals surface area contributed by atoms with Gasteiger partial charge in [0.2, 0.25) is 0 Å². The van der Waals surface area contributed by atoms with Gasteiger partial charge in [0.25, 0.3) is 0 Å². The van der Waals surface area contributed by atoms with Crippen LogP contribution in [0.5, 0.6) is 0 Å². The van der Waals surface area contributed by atoms with E-state index in [0.717, 1.165) is 141 Å². The first kappa shape index (κ1) is 64.5. The fourth-order valence-electron chi connectivity index (χ4n) is 7.20. The summed E-state index contributed by atoms with van der Waals surface area (Å²) in [6.45, 7) is 3.68. The van der Waals surface area contributed by atoms with Crippen molar-refractivity contribution in [3.05, 3.63) is 122 Å². The second-order valence-corrected chi connectivity index (χ2v) is 18.4. The normalized spacial score (nSPS) is 20.1. The summed E-state index contributed by atoms with van der Waals surface area (Å²) < 4.78 is 59.3. The van der Waals surface area contributed by atoms with Crippen molar-refractivity contribution in [3.8, 4) is 0 Å². The van der Waals surface area contributed by atoms with Crippen molar-refractivity contribution in [1.29, 1.82) is 0 Å². The molecule has 1 rings (SSSR count). The monoisotopic (exact) mass is 1000 g/mol. The Balaban J connectivity index is 2.39. The van der Waals surface area contributed by atoms with Gasteiger partial charge in [0.15, 0.2) is 6.29 Å². The molecule has 6 atom stereocenters. The van der Waals surface area contributed by atoms with E-state index in [2.05, 4.69) is 140 Å². The number of aliphatic hydroxyl groups excluding tert-OH is 3. The molecule has 1 heterocycles. The molecule has 0 aromatic heterocycles. The smallest absolute Gasteiger partial charge is 0.397 e. The fourth-order valence-corrected chi connectivity index (χ4v) is 7.70. The summed E-state index contributed by atoms with van der Waals surface area (Å²) in [6.07, 6.45) is 57.9. The zero-order valence-corrected chi connectivity index (χ0v) is 43.6. The number of aliphatic hydroxyl groups is 3. The maximum atomic E-state index is 12.9. The van der Waals surface area contributed by atoms with Crippen molar-refractivity contribution in [2.24, 2.45) is 0 Å². The zero-order valence-electron chi connectivity index (χ0n) is 42.8. The van der Waals surface area contributed by atoms with Gasteiger partial charge in [-0.25, -0.2) is 4.18 Å². The Morgan fingerprint density at radius 3 is 1.37 bits per heavy atom. The van der Waals surface area contributed by atoms with Gasteiger partial charge in [0.1, 0.15) is 30.5 Å². The van der Waals surface area contributed by atoms with Gasteiger partial charge in [-0.1, -0.05) is 180 Å². The average molecular weight is 1000 g/mol. The number of carbonyl (C=O) groups excluding carboxylic acids is 1. The fraction of sp³-hybridized carbons (Fsp3) is 0.632. The molecule has 6 unspecified atom stereocenters. The lowest BCUT2D eigenvalue weighted by atomic mass is 9.99. The lowest BCUT2D eigenvalue weighted by Crippen LogP contribution is -2.60. The third-order valence-electron chi connectivity index (χ3n) is 11.1. The summed E-state index contributed by atoms with van der Waals surface area (Å²) in [5.74, 6) is -0.426. The molecule has 0 radical (unpaired) electrons. The Morgan fingerprint density at radius 2 is 0.943 bits per heavy atom. The Kier molecular flexibility index (Phi) is 42.9. The summed E-state index contributed by atoms with van der Waals surface area (Å²) in [6, 6.07) is 0. The van der Waals surface area contributed by atoms with Crippen molar-refractivity contribution < 1.29 is 56.2 Å². The summed E-state index contributed by atoms with van der Waals surface area (Å²) >= 11 is 0. The number of esters is 1. The molecule has 13 heteroatoms.